The first kappa shape index (κ1) is 15.4. The van der Waals surface area contributed by atoms with Gasteiger partial charge in [-0.05, 0) is 48.9 Å². The molecule has 1 aliphatic rings. The topological polar surface area (TPSA) is 25.2 Å². The Labute approximate surface area is 123 Å². The summed E-state index contributed by atoms with van der Waals surface area (Å²) in [6.45, 7) is 13.3. The van der Waals surface area contributed by atoms with Crippen LogP contribution in [0.4, 0.5) is 0 Å². The molecule has 1 N–H and O–H groups in total. The van der Waals surface area contributed by atoms with Gasteiger partial charge in [0.2, 0.25) is 0 Å². The second kappa shape index (κ2) is 6.62. The molecule has 1 aliphatic carbocycles. The summed E-state index contributed by atoms with van der Waals surface area (Å²) >= 11 is 0. The number of rotatable bonds is 7. The Morgan fingerprint density at radius 3 is 2.60 bits per heavy atom. The molecule has 1 aromatic rings. The molecule has 1 fully saturated rings. The van der Waals surface area contributed by atoms with E-state index in [0.717, 1.165) is 24.8 Å². The van der Waals surface area contributed by atoms with Crippen molar-refractivity contribution in [3.8, 4) is 0 Å². The van der Waals surface area contributed by atoms with Gasteiger partial charge in [-0.3, -0.25) is 0 Å². The van der Waals surface area contributed by atoms with Crippen molar-refractivity contribution in [2.75, 3.05) is 13.1 Å². The van der Waals surface area contributed by atoms with E-state index in [9.17, 15) is 0 Å². The molecule has 2 unspecified atom stereocenters. The van der Waals surface area contributed by atoms with Gasteiger partial charge in [0.25, 0.3) is 0 Å². The summed E-state index contributed by atoms with van der Waals surface area (Å²) in [4.78, 5) is 0. The standard InChI is InChI=1S/C18H29NO/c1-12(2)10-19-11-15(13(3)4)9-16-6-7-18(20-16)17-8-14(17)5/h6-7,9,12-14,17,19H,8,10-11H2,1-5H3. The lowest BCUT2D eigenvalue weighted by atomic mass is 10.0. The third kappa shape index (κ3) is 4.24. The van der Waals surface area contributed by atoms with E-state index in [1.165, 1.54) is 17.8 Å². The zero-order chi connectivity index (χ0) is 14.7. The Morgan fingerprint density at radius 2 is 2.05 bits per heavy atom. The Bertz CT molecular complexity index is 456. The predicted octanol–water partition coefficient (Wildman–Crippen LogP) is 4.69. The normalized spacial score (nSPS) is 22.9. The molecule has 2 rings (SSSR count). The molecular formula is C18H29NO. The molecule has 0 radical (unpaired) electrons. The summed E-state index contributed by atoms with van der Waals surface area (Å²) < 4.78 is 5.98. The number of furan rings is 1. The molecule has 1 saturated carbocycles. The summed E-state index contributed by atoms with van der Waals surface area (Å²) in [5.74, 6) is 4.88. The lowest BCUT2D eigenvalue weighted by Gasteiger charge is -2.13. The van der Waals surface area contributed by atoms with Crippen LogP contribution in [0.1, 0.15) is 58.5 Å². The molecule has 0 aromatic carbocycles. The van der Waals surface area contributed by atoms with E-state index in [1.807, 2.05) is 0 Å². The van der Waals surface area contributed by atoms with Crippen LogP contribution in [0.15, 0.2) is 22.1 Å². The van der Waals surface area contributed by atoms with Crippen molar-refractivity contribution in [2.45, 2.75) is 47.0 Å². The van der Waals surface area contributed by atoms with Gasteiger partial charge in [-0.25, -0.2) is 0 Å². The zero-order valence-electron chi connectivity index (χ0n) is 13.6. The van der Waals surface area contributed by atoms with Gasteiger partial charge in [0.05, 0.1) is 0 Å². The molecule has 2 atom stereocenters. The van der Waals surface area contributed by atoms with E-state index in [2.05, 4.69) is 58.1 Å². The third-order valence-corrected chi connectivity index (χ3v) is 4.07. The van der Waals surface area contributed by atoms with Gasteiger partial charge in [-0.2, -0.15) is 0 Å². The van der Waals surface area contributed by atoms with Crippen molar-refractivity contribution in [2.24, 2.45) is 17.8 Å². The average molecular weight is 275 g/mol. The molecule has 0 spiro atoms. The highest BCUT2D eigenvalue weighted by atomic mass is 16.3. The second-order valence-electron chi connectivity index (χ2n) is 6.96. The van der Waals surface area contributed by atoms with Gasteiger partial charge in [-0.15, -0.1) is 0 Å². The van der Waals surface area contributed by atoms with Crippen molar-refractivity contribution in [3.63, 3.8) is 0 Å². The van der Waals surface area contributed by atoms with Gasteiger partial charge >= 0.3 is 0 Å². The average Bonchev–Trinajstić information content (AvgIpc) is 2.91. The minimum atomic E-state index is 0.545. The Morgan fingerprint density at radius 1 is 1.35 bits per heavy atom. The second-order valence-corrected chi connectivity index (χ2v) is 6.96. The fourth-order valence-electron chi connectivity index (χ4n) is 2.47. The fraction of sp³-hybridized carbons (Fsp3) is 0.667. The molecule has 1 aromatic heterocycles. The third-order valence-electron chi connectivity index (χ3n) is 4.07. The summed E-state index contributed by atoms with van der Waals surface area (Å²) in [6, 6.07) is 4.27. The van der Waals surface area contributed by atoms with E-state index in [4.69, 9.17) is 4.42 Å². The minimum Gasteiger partial charge on any atom is -0.461 e. The minimum absolute atomic E-state index is 0.545. The maximum atomic E-state index is 5.98. The molecule has 0 saturated heterocycles. The highest BCUT2D eigenvalue weighted by Crippen LogP contribution is 2.47. The molecule has 2 heteroatoms. The van der Waals surface area contributed by atoms with Crippen molar-refractivity contribution in [1.29, 1.82) is 0 Å². The molecule has 0 amide bonds. The zero-order valence-corrected chi connectivity index (χ0v) is 13.6. The first-order chi connectivity index (χ1) is 9.47. The Hall–Kier alpha value is -1.02. The number of nitrogens with one attached hydrogen (secondary N) is 1. The highest BCUT2D eigenvalue weighted by molar-refractivity contribution is 5.49. The summed E-state index contributed by atoms with van der Waals surface area (Å²) in [6.07, 6.45) is 3.50. The molecule has 20 heavy (non-hydrogen) atoms. The van der Waals surface area contributed by atoms with Gasteiger partial charge in [0.15, 0.2) is 0 Å². The van der Waals surface area contributed by atoms with E-state index < -0.39 is 0 Å². The van der Waals surface area contributed by atoms with E-state index in [1.54, 1.807) is 0 Å². The van der Waals surface area contributed by atoms with Crippen LogP contribution in [0.25, 0.3) is 6.08 Å². The first-order valence-electron chi connectivity index (χ1n) is 7.98. The quantitative estimate of drug-likeness (QED) is 0.781. The Balaban J connectivity index is 1.98. The van der Waals surface area contributed by atoms with E-state index in [0.29, 0.717) is 17.8 Å². The molecular weight excluding hydrogens is 246 g/mol. The number of hydrogen-bond donors (Lipinski definition) is 1. The summed E-state index contributed by atoms with van der Waals surface area (Å²) in [5.41, 5.74) is 1.41. The van der Waals surface area contributed by atoms with Gasteiger partial charge < -0.3 is 9.73 Å². The SMILES string of the molecule is CC(C)CNCC(=Cc1ccc(C2CC2C)o1)C(C)C. The van der Waals surface area contributed by atoms with Crippen LogP contribution in [0.5, 0.6) is 0 Å². The maximum Gasteiger partial charge on any atom is 0.127 e. The van der Waals surface area contributed by atoms with Crippen molar-refractivity contribution < 1.29 is 4.42 Å². The monoisotopic (exact) mass is 275 g/mol. The van der Waals surface area contributed by atoms with Crippen LogP contribution in [-0.2, 0) is 0 Å². The summed E-state index contributed by atoms with van der Waals surface area (Å²) in [7, 11) is 0. The molecule has 2 nitrogen and oxygen atoms in total. The smallest absolute Gasteiger partial charge is 0.127 e. The van der Waals surface area contributed by atoms with E-state index in [-0.39, 0.29) is 0 Å². The highest BCUT2D eigenvalue weighted by Gasteiger charge is 2.36. The van der Waals surface area contributed by atoms with Crippen molar-refractivity contribution in [3.05, 3.63) is 29.2 Å². The predicted molar refractivity (Wildman–Crippen MR) is 85.8 cm³/mol. The molecule has 112 valence electrons. The lowest BCUT2D eigenvalue weighted by Crippen LogP contribution is -2.23. The summed E-state index contributed by atoms with van der Waals surface area (Å²) in [5, 5.41) is 3.53. The van der Waals surface area contributed by atoms with Gasteiger partial charge in [0, 0.05) is 12.5 Å². The number of hydrogen-bond acceptors (Lipinski definition) is 2. The van der Waals surface area contributed by atoms with Crippen LogP contribution in [0.2, 0.25) is 0 Å². The lowest BCUT2D eigenvalue weighted by molar-refractivity contribution is 0.496. The molecule has 0 aliphatic heterocycles. The maximum absolute atomic E-state index is 5.98. The fourth-order valence-corrected chi connectivity index (χ4v) is 2.47. The molecule has 0 bridgehead atoms. The van der Waals surface area contributed by atoms with Crippen molar-refractivity contribution in [1.82, 2.24) is 5.32 Å². The van der Waals surface area contributed by atoms with Crippen LogP contribution in [0, 0.1) is 17.8 Å². The van der Waals surface area contributed by atoms with Crippen LogP contribution >= 0.6 is 0 Å². The Kier molecular flexibility index (Phi) is 5.09. The van der Waals surface area contributed by atoms with Crippen molar-refractivity contribution >= 4 is 6.08 Å². The van der Waals surface area contributed by atoms with Crippen LogP contribution in [0.3, 0.4) is 0 Å². The van der Waals surface area contributed by atoms with Crippen LogP contribution < -0.4 is 5.32 Å². The van der Waals surface area contributed by atoms with Gasteiger partial charge in [-0.1, -0.05) is 40.2 Å². The van der Waals surface area contributed by atoms with E-state index >= 15 is 0 Å². The van der Waals surface area contributed by atoms with Crippen LogP contribution in [-0.4, -0.2) is 13.1 Å². The largest absolute Gasteiger partial charge is 0.461 e. The molecule has 1 heterocycles. The van der Waals surface area contributed by atoms with Gasteiger partial charge in [0.1, 0.15) is 11.5 Å². The first-order valence-corrected chi connectivity index (χ1v) is 7.98.